The molecule has 4 nitrogen and oxygen atoms in total. The quantitative estimate of drug-likeness (QED) is 0.662. The predicted octanol–water partition coefficient (Wildman–Crippen LogP) is 3.77. The Labute approximate surface area is 156 Å². The van der Waals surface area contributed by atoms with Gasteiger partial charge in [0.25, 0.3) is 5.91 Å². The maximum absolute atomic E-state index is 12.3. The molecule has 1 aromatic heterocycles. The van der Waals surface area contributed by atoms with Gasteiger partial charge in [0, 0.05) is 0 Å². The summed E-state index contributed by atoms with van der Waals surface area (Å²) < 4.78 is 8.51. The molecule has 1 heterocycles. The van der Waals surface area contributed by atoms with E-state index in [1.165, 1.54) is 22.5 Å². The van der Waals surface area contributed by atoms with Crippen LogP contribution in [0.25, 0.3) is 10.2 Å². The van der Waals surface area contributed by atoms with E-state index in [1.807, 2.05) is 35.8 Å². The molecule has 5 heteroatoms. The van der Waals surface area contributed by atoms with Crippen molar-refractivity contribution >= 4 is 27.5 Å². The van der Waals surface area contributed by atoms with E-state index in [2.05, 4.69) is 36.9 Å². The molecule has 0 fully saturated rings. The zero-order valence-electron chi connectivity index (χ0n) is 15.1. The van der Waals surface area contributed by atoms with Crippen LogP contribution < -0.4 is 9.54 Å². The number of thiazole rings is 1. The van der Waals surface area contributed by atoms with Crippen molar-refractivity contribution in [1.29, 1.82) is 0 Å². The van der Waals surface area contributed by atoms with Gasteiger partial charge in [-0.1, -0.05) is 29.4 Å². The van der Waals surface area contributed by atoms with Crippen molar-refractivity contribution < 1.29 is 9.53 Å². The summed E-state index contributed by atoms with van der Waals surface area (Å²) in [4.78, 5) is 17.1. The second-order valence-electron chi connectivity index (χ2n) is 6.19. The average molecular weight is 364 g/mol. The lowest BCUT2D eigenvalue weighted by Crippen LogP contribution is -2.19. The summed E-state index contributed by atoms with van der Waals surface area (Å²) in [6.07, 6.45) is 5.51. The molecule has 0 atom stereocenters. The number of carbonyl (C=O) groups is 1. The fourth-order valence-corrected chi connectivity index (χ4v) is 3.77. The van der Waals surface area contributed by atoms with Crippen LogP contribution in [0.5, 0.6) is 5.75 Å². The molecule has 132 valence electrons. The molecule has 2 aromatic carbocycles. The van der Waals surface area contributed by atoms with Crippen molar-refractivity contribution in [2.45, 2.75) is 27.3 Å². The molecule has 0 saturated heterocycles. The van der Waals surface area contributed by atoms with Crippen LogP contribution >= 0.6 is 11.3 Å². The van der Waals surface area contributed by atoms with Gasteiger partial charge in [-0.2, -0.15) is 4.99 Å². The zero-order chi connectivity index (χ0) is 18.7. The van der Waals surface area contributed by atoms with Crippen LogP contribution in [0, 0.1) is 33.1 Å². The lowest BCUT2D eigenvalue weighted by atomic mass is 10.1. The monoisotopic (exact) mass is 364 g/mol. The first kappa shape index (κ1) is 18.0. The summed E-state index contributed by atoms with van der Waals surface area (Å²) in [5.74, 6) is 2.97. The largest absolute Gasteiger partial charge is 0.484 e. The minimum absolute atomic E-state index is 0.105. The second-order valence-corrected chi connectivity index (χ2v) is 7.20. The van der Waals surface area contributed by atoms with Crippen molar-refractivity contribution in [3.63, 3.8) is 0 Å². The molecule has 0 aliphatic heterocycles. The number of carbonyl (C=O) groups excluding carboxylic acids is 1. The Morgan fingerprint density at radius 2 is 2.00 bits per heavy atom. The summed E-state index contributed by atoms with van der Waals surface area (Å²) in [6.45, 7) is 6.37. The standard InChI is InChI=1S/C21H20N2O2S/c1-5-9-23-18-11-15(3)16(4)12-19(18)26-21(23)22-20(24)13-25-17-8-6-7-14(2)10-17/h1,6-8,10-12H,9,13H2,2-4H3. The number of fused-ring (bicyclic) bond motifs is 1. The van der Waals surface area contributed by atoms with Crippen LogP contribution in [0.3, 0.4) is 0 Å². The highest BCUT2D eigenvalue weighted by Gasteiger charge is 2.09. The highest BCUT2D eigenvalue weighted by Crippen LogP contribution is 2.22. The SMILES string of the molecule is C#CCn1c(=NC(=O)COc2cccc(C)c2)sc2cc(C)c(C)cc21. The van der Waals surface area contributed by atoms with Crippen molar-refractivity contribution in [3.05, 3.63) is 57.9 Å². The van der Waals surface area contributed by atoms with E-state index in [0.29, 0.717) is 17.1 Å². The Balaban J connectivity index is 1.91. The van der Waals surface area contributed by atoms with Crippen molar-refractivity contribution in [1.82, 2.24) is 4.57 Å². The van der Waals surface area contributed by atoms with Crippen molar-refractivity contribution in [2.24, 2.45) is 4.99 Å². The molecule has 1 amide bonds. The van der Waals surface area contributed by atoms with E-state index < -0.39 is 0 Å². The van der Waals surface area contributed by atoms with E-state index in [-0.39, 0.29) is 12.5 Å². The smallest absolute Gasteiger partial charge is 0.286 e. The molecule has 0 radical (unpaired) electrons. The molecule has 3 rings (SSSR count). The first-order valence-corrected chi connectivity index (χ1v) is 9.10. The van der Waals surface area contributed by atoms with Gasteiger partial charge in [-0.25, -0.2) is 0 Å². The van der Waals surface area contributed by atoms with E-state index in [0.717, 1.165) is 15.8 Å². The molecule has 0 bridgehead atoms. The molecular formula is C21H20N2O2S. The fourth-order valence-electron chi connectivity index (χ4n) is 2.64. The third-order valence-corrected chi connectivity index (χ3v) is 5.16. The van der Waals surface area contributed by atoms with Gasteiger partial charge in [-0.3, -0.25) is 4.79 Å². The summed E-state index contributed by atoms with van der Waals surface area (Å²) in [5.41, 5.74) is 4.46. The maximum atomic E-state index is 12.3. The van der Waals surface area contributed by atoms with E-state index in [4.69, 9.17) is 11.2 Å². The van der Waals surface area contributed by atoms with E-state index >= 15 is 0 Å². The van der Waals surface area contributed by atoms with Gasteiger partial charge in [0.05, 0.1) is 16.8 Å². The highest BCUT2D eigenvalue weighted by atomic mass is 32.1. The van der Waals surface area contributed by atoms with Gasteiger partial charge < -0.3 is 9.30 Å². The molecule has 3 aromatic rings. The highest BCUT2D eigenvalue weighted by molar-refractivity contribution is 7.16. The topological polar surface area (TPSA) is 43.6 Å². The molecule has 0 N–H and O–H groups in total. The maximum Gasteiger partial charge on any atom is 0.286 e. The number of nitrogens with zero attached hydrogens (tertiary/aromatic N) is 2. The molecule has 0 aliphatic carbocycles. The molecule has 0 spiro atoms. The van der Waals surface area contributed by atoms with Gasteiger partial charge in [0.15, 0.2) is 11.4 Å². The third-order valence-electron chi connectivity index (χ3n) is 4.12. The minimum atomic E-state index is -0.336. The average Bonchev–Trinajstić information content (AvgIpc) is 2.91. The number of ether oxygens (including phenoxy) is 1. The Kier molecular flexibility index (Phi) is 5.24. The van der Waals surface area contributed by atoms with Crippen LogP contribution in [-0.4, -0.2) is 17.1 Å². The summed E-state index contributed by atoms with van der Waals surface area (Å²) in [6, 6.07) is 11.8. The van der Waals surface area contributed by atoms with Crippen LogP contribution in [0.2, 0.25) is 0 Å². The fraction of sp³-hybridized carbons (Fsp3) is 0.238. The van der Waals surface area contributed by atoms with Gasteiger partial charge >= 0.3 is 0 Å². The number of hydrogen-bond donors (Lipinski definition) is 0. The first-order valence-electron chi connectivity index (χ1n) is 8.29. The number of benzene rings is 2. The number of aryl methyl sites for hydroxylation is 3. The van der Waals surface area contributed by atoms with Gasteiger partial charge in [0.2, 0.25) is 0 Å². The summed E-state index contributed by atoms with van der Waals surface area (Å²) in [5, 5.41) is 0. The Morgan fingerprint density at radius 3 is 2.73 bits per heavy atom. The Bertz CT molecular complexity index is 1080. The van der Waals surface area contributed by atoms with Gasteiger partial charge in [-0.05, 0) is 61.7 Å². The van der Waals surface area contributed by atoms with Gasteiger partial charge in [0.1, 0.15) is 5.75 Å². The first-order chi connectivity index (χ1) is 12.5. The molecule has 26 heavy (non-hydrogen) atoms. The number of rotatable bonds is 4. The number of terminal acetylenes is 1. The van der Waals surface area contributed by atoms with Crippen LogP contribution in [0.1, 0.15) is 16.7 Å². The zero-order valence-corrected chi connectivity index (χ0v) is 15.9. The normalized spacial score (nSPS) is 11.5. The van der Waals surface area contributed by atoms with Crippen molar-refractivity contribution in [2.75, 3.05) is 6.61 Å². The van der Waals surface area contributed by atoms with Crippen LogP contribution in [-0.2, 0) is 11.3 Å². The Morgan fingerprint density at radius 1 is 1.23 bits per heavy atom. The molecular weight excluding hydrogens is 344 g/mol. The predicted molar refractivity (Wildman–Crippen MR) is 105 cm³/mol. The lowest BCUT2D eigenvalue weighted by molar-refractivity contribution is -0.120. The minimum Gasteiger partial charge on any atom is -0.484 e. The number of hydrogen-bond acceptors (Lipinski definition) is 3. The van der Waals surface area contributed by atoms with Crippen LogP contribution in [0.15, 0.2) is 41.4 Å². The van der Waals surface area contributed by atoms with Gasteiger partial charge in [-0.15, -0.1) is 6.42 Å². The lowest BCUT2D eigenvalue weighted by Gasteiger charge is -2.04. The Hall–Kier alpha value is -2.84. The third kappa shape index (κ3) is 3.87. The molecule has 0 unspecified atom stereocenters. The summed E-state index contributed by atoms with van der Waals surface area (Å²) >= 11 is 1.46. The number of aromatic nitrogens is 1. The van der Waals surface area contributed by atoms with E-state index in [9.17, 15) is 4.79 Å². The summed E-state index contributed by atoms with van der Waals surface area (Å²) in [7, 11) is 0. The number of amides is 1. The molecule has 0 saturated carbocycles. The van der Waals surface area contributed by atoms with Crippen LogP contribution in [0.4, 0.5) is 0 Å². The molecule has 0 aliphatic rings. The van der Waals surface area contributed by atoms with E-state index in [1.54, 1.807) is 0 Å². The second kappa shape index (κ2) is 7.59. The van der Waals surface area contributed by atoms with Crippen molar-refractivity contribution in [3.8, 4) is 18.1 Å².